The molecule has 2 amide bonds. The summed E-state index contributed by atoms with van der Waals surface area (Å²) in [6.07, 6.45) is 2.41. The van der Waals surface area contributed by atoms with Gasteiger partial charge in [0.2, 0.25) is 11.8 Å². The van der Waals surface area contributed by atoms with E-state index in [1.165, 1.54) is 12.1 Å². The van der Waals surface area contributed by atoms with Crippen LogP contribution in [0.25, 0.3) is 0 Å². The number of hydrogen-bond donors (Lipinski definition) is 0. The molecule has 0 N–H and O–H groups in total. The maximum absolute atomic E-state index is 13.3. The summed E-state index contributed by atoms with van der Waals surface area (Å²) in [6, 6.07) is 8.48. The normalized spacial score (nSPS) is 13.6. The fourth-order valence-electron chi connectivity index (χ4n) is 3.30. The van der Waals surface area contributed by atoms with E-state index >= 15 is 0 Å². The van der Waals surface area contributed by atoms with E-state index in [1.807, 2.05) is 32.2 Å². The van der Waals surface area contributed by atoms with Gasteiger partial charge >= 0.3 is 0 Å². The zero-order valence-electron chi connectivity index (χ0n) is 17.4. The highest BCUT2D eigenvalue weighted by molar-refractivity contribution is 7.10. The van der Waals surface area contributed by atoms with Crippen molar-refractivity contribution in [2.75, 3.05) is 6.54 Å². The van der Waals surface area contributed by atoms with Gasteiger partial charge in [-0.15, -0.1) is 11.3 Å². The smallest absolute Gasteiger partial charge is 0.242 e. The average molecular weight is 417 g/mol. The second-order valence-corrected chi connectivity index (χ2v) is 9.25. The second-order valence-electron chi connectivity index (χ2n) is 8.25. The van der Waals surface area contributed by atoms with Gasteiger partial charge in [-0.1, -0.05) is 26.0 Å². The first-order valence-electron chi connectivity index (χ1n) is 10.2. The largest absolute Gasteiger partial charge is 0.332 e. The molecule has 2 aromatic rings. The van der Waals surface area contributed by atoms with Gasteiger partial charge in [0.25, 0.3) is 0 Å². The Hall–Kier alpha value is -2.21. The van der Waals surface area contributed by atoms with Crippen molar-refractivity contribution in [2.24, 2.45) is 5.92 Å². The van der Waals surface area contributed by atoms with E-state index in [1.54, 1.807) is 33.3 Å². The molecule has 0 aliphatic heterocycles. The lowest BCUT2D eigenvalue weighted by Gasteiger charge is -2.28. The molecule has 1 fully saturated rings. The highest BCUT2D eigenvalue weighted by Crippen LogP contribution is 2.28. The minimum absolute atomic E-state index is 0.0601. The number of carbonyl (C=O) groups excluding carboxylic acids is 2. The van der Waals surface area contributed by atoms with E-state index in [2.05, 4.69) is 0 Å². The zero-order valence-corrected chi connectivity index (χ0v) is 18.2. The van der Waals surface area contributed by atoms with Gasteiger partial charge in [0, 0.05) is 23.9 Å². The predicted molar refractivity (Wildman–Crippen MR) is 114 cm³/mol. The molecular weight excluding hydrogens is 387 g/mol. The Bertz CT molecular complexity index is 843. The number of hydrogen-bond acceptors (Lipinski definition) is 3. The molecule has 156 valence electrons. The maximum atomic E-state index is 13.3. The van der Waals surface area contributed by atoms with Crippen LogP contribution in [0.15, 0.2) is 35.7 Å². The van der Waals surface area contributed by atoms with Gasteiger partial charge in [-0.05, 0) is 60.4 Å². The van der Waals surface area contributed by atoms with E-state index < -0.39 is 0 Å². The summed E-state index contributed by atoms with van der Waals surface area (Å²) in [5.74, 6) is -0.0288. The Balaban J connectivity index is 1.76. The van der Waals surface area contributed by atoms with Crippen LogP contribution in [0, 0.1) is 18.7 Å². The van der Waals surface area contributed by atoms with Gasteiger partial charge in [-0.3, -0.25) is 9.59 Å². The highest BCUT2D eigenvalue weighted by Gasteiger charge is 2.34. The summed E-state index contributed by atoms with van der Waals surface area (Å²) < 4.78 is 13.3. The molecule has 1 aromatic carbocycles. The summed E-state index contributed by atoms with van der Waals surface area (Å²) in [7, 11) is 0. The molecule has 29 heavy (non-hydrogen) atoms. The van der Waals surface area contributed by atoms with Gasteiger partial charge in [-0.2, -0.15) is 0 Å². The number of thiophene rings is 1. The Morgan fingerprint density at radius 1 is 1.10 bits per heavy atom. The molecule has 0 saturated heterocycles. The Kier molecular flexibility index (Phi) is 7.06. The van der Waals surface area contributed by atoms with E-state index in [4.69, 9.17) is 0 Å². The summed E-state index contributed by atoms with van der Waals surface area (Å²) >= 11 is 1.63. The fourth-order valence-corrected chi connectivity index (χ4v) is 4.22. The Morgan fingerprint density at radius 2 is 1.79 bits per heavy atom. The molecule has 1 saturated carbocycles. The lowest BCUT2D eigenvalue weighted by atomic mass is 10.1. The highest BCUT2D eigenvalue weighted by atomic mass is 32.1. The molecule has 0 atom stereocenters. The van der Waals surface area contributed by atoms with E-state index in [9.17, 15) is 14.0 Å². The van der Waals surface area contributed by atoms with E-state index in [0.717, 1.165) is 28.8 Å². The topological polar surface area (TPSA) is 40.6 Å². The number of benzene rings is 1. The van der Waals surface area contributed by atoms with Crippen LogP contribution in [-0.2, 0) is 22.7 Å². The summed E-state index contributed by atoms with van der Waals surface area (Å²) in [5.41, 5.74) is 2.03. The van der Waals surface area contributed by atoms with Crippen molar-refractivity contribution in [3.8, 4) is 0 Å². The van der Waals surface area contributed by atoms with Gasteiger partial charge < -0.3 is 9.80 Å². The molecule has 0 radical (unpaired) electrons. The monoisotopic (exact) mass is 416 g/mol. The molecule has 0 spiro atoms. The number of amides is 2. The van der Waals surface area contributed by atoms with Crippen molar-refractivity contribution in [3.05, 3.63) is 57.5 Å². The molecule has 3 rings (SSSR count). The van der Waals surface area contributed by atoms with Gasteiger partial charge in [-0.25, -0.2) is 4.39 Å². The molecule has 1 aliphatic carbocycles. The third-order valence-corrected chi connectivity index (χ3v) is 6.15. The third kappa shape index (κ3) is 6.13. The number of halogens is 1. The SMILES string of the molecule is Cc1ccsc1CN(Cc1ccc(F)cc1)C(=O)CN(C(=O)CC(C)C)C1CC1. The van der Waals surface area contributed by atoms with Crippen molar-refractivity contribution in [3.63, 3.8) is 0 Å². The van der Waals surface area contributed by atoms with Crippen LogP contribution in [-0.4, -0.2) is 34.2 Å². The van der Waals surface area contributed by atoms with E-state index in [0.29, 0.717) is 19.5 Å². The molecular formula is C23H29FN2O2S. The van der Waals surface area contributed by atoms with Crippen molar-refractivity contribution < 1.29 is 14.0 Å². The molecule has 1 aromatic heterocycles. The first kappa shape index (κ1) is 21.5. The summed E-state index contributed by atoms with van der Waals surface area (Å²) in [6.45, 7) is 7.08. The Labute approximate surface area is 176 Å². The predicted octanol–water partition coefficient (Wildman–Crippen LogP) is 4.76. The molecule has 6 heteroatoms. The van der Waals surface area contributed by atoms with E-state index in [-0.39, 0.29) is 36.1 Å². The zero-order chi connectivity index (χ0) is 21.0. The van der Waals surface area contributed by atoms with Crippen molar-refractivity contribution >= 4 is 23.2 Å². The minimum Gasteiger partial charge on any atom is -0.332 e. The number of rotatable bonds is 9. The summed E-state index contributed by atoms with van der Waals surface area (Å²) in [5, 5.41) is 2.02. The van der Waals surface area contributed by atoms with Crippen molar-refractivity contribution in [2.45, 2.75) is 59.2 Å². The van der Waals surface area contributed by atoms with Crippen LogP contribution in [0.1, 0.15) is 49.1 Å². The van der Waals surface area contributed by atoms with Crippen LogP contribution in [0.3, 0.4) is 0 Å². The third-order valence-electron chi connectivity index (χ3n) is 5.14. The average Bonchev–Trinajstić information content (AvgIpc) is 3.42. The Morgan fingerprint density at radius 3 is 2.34 bits per heavy atom. The maximum Gasteiger partial charge on any atom is 0.242 e. The van der Waals surface area contributed by atoms with Crippen LogP contribution in [0.4, 0.5) is 4.39 Å². The molecule has 0 unspecified atom stereocenters. The quantitative estimate of drug-likeness (QED) is 0.591. The second kappa shape index (κ2) is 9.53. The van der Waals surface area contributed by atoms with Crippen LogP contribution < -0.4 is 0 Å². The first-order valence-corrected chi connectivity index (χ1v) is 11.1. The van der Waals surface area contributed by atoms with Gasteiger partial charge in [0.1, 0.15) is 12.4 Å². The standard InChI is InChI=1S/C23H29FN2O2S/c1-16(2)12-22(27)26(20-8-9-20)15-23(28)25(14-21-17(3)10-11-29-21)13-18-4-6-19(24)7-5-18/h4-7,10-11,16,20H,8-9,12-15H2,1-3H3. The molecule has 0 bridgehead atoms. The van der Waals surface area contributed by atoms with Gasteiger partial charge in [0.15, 0.2) is 0 Å². The lowest BCUT2D eigenvalue weighted by Crippen LogP contribution is -2.43. The minimum atomic E-state index is -0.292. The van der Waals surface area contributed by atoms with Crippen LogP contribution in [0.5, 0.6) is 0 Å². The van der Waals surface area contributed by atoms with Crippen molar-refractivity contribution in [1.82, 2.24) is 9.80 Å². The van der Waals surface area contributed by atoms with Crippen molar-refractivity contribution in [1.29, 1.82) is 0 Å². The number of carbonyl (C=O) groups is 2. The lowest BCUT2D eigenvalue weighted by molar-refractivity contribution is -0.142. The van der Waals surface area contributed by atoms with Crippen LogP contribution >= 0.6 is 11.3 Å². The van der Waals surface area contributed by atoms with Crippen LogP contribution in [0.2, 0.25) is 0 Å². The first-order chi connectivity index (χ1) is 13.8. The molecule has 1 heterocycles. The summed E-state index contributed by atoms with van der Waals surface area (Å²) in [4.78, 5) is 30.6. The number of nitrogens with zero attached hydrogens (tertiary/aromatic N) is 2. The molecule has 4 nitrogen and oxygen atoms in total. The molecule has 1 aliphatic rings. The fraction of sp³-hybridized carbons (Fsp3) is 0.478. The van der Waals surface area contributed by atoms with Gasteiger partial charge in [0.05, 0.1) is 6.54 Å². The number of aryl methyl sites for hydroxylation is 1.